The van der Waals surface area contributed by atoms with Crippen LogP contribution < -0.4 is 0 Å². The molecule has 0 heterocycles. The van der Waals surface area contributed by atoms with Crippen LogP contribution in [0.15, 0.2) is 30.3 Å². The van der Waals surface area contributed by atoms with Gasteiger partial charge >= 0.3 is 120 Å². The second-order valence-corrected chi connectivity index (χ2v) is 7.33. The first kappa shape index (κ1) is 15.8. The van der Waals surface area contributed by atoms with Crippen molar-refractivity contribution in [2.24, 2.45) is 0 Å². The summed E-state index contributed by atoms with van der Waals surface area (Å²) >= 11 is 0.823. The molecule has 1 heteroatoms. The van der Waals surface area contributed by atoms with Crippen LogP contribution in [0, 0.1) is 0 Å². The monoisotopic (exact) mass is 312 g/mol. The number of hydrogen-bond donors (Lipinski definition) is 0. The van der Waals surface area contributed by atoms with Crippen molar-refractivity contribution < 1.29 is 0 Å². The maximum atomic E-state index is 2.29. The molecule has 0 bridgehead atoms. The summed E-state index contributed by atoms with van der Waals surface area (Å²) < 4.78 is 0. The van der Waals surface area contributed by atoms with Gasteiger partial charge in [-0.05, 0) is 0 Å². The van der Waals surface area contributed by atoms with Gasteiger partial charge in [0.1, 0.15) is 0 Å². The van der Waals surface area contributed by atoms with Crippen molar-refractivity contribution in [3.8, 4) is 0 Å². The molecule has 0 radical (unpaired) electrons. The number of benzene rings is 1. The summed E-state index contributed by atoms with van der Waals surface area (Å²) in [5, 5.41) is 2.79. The Morgan fingerprint density at radius 3 is 2.06 bits per heavy atom. The van der Waals surface area contributed by atoms with Gasteiger partial charge in [-0.2, -0.15) is 0 Å². The van der Waals surface area contributed by atoms with E-state index in [1.165, 1.54) is 67.6 Å². The van der Waals surface area contributed by atoms with Gasteiger partial charge < -0.3 is 0 Å². The molecule has 0 nitrogen and oxygen atoms in total. The van der Waals surface area contributed by atoms with Crippen molar-refractivity contribution >= 4 is 15.0 Å². The Balaban J connectivity index is 1.82. The number of hydrogen-bond acceptors (Lipinski definition) is 0. The van der Waals surface area contributed by atoms with E-state index in [9.17, 15) is 0 Å². The second-order valence-electron chi connectivity index (χ2n) is 5.01. The first-order valence-electron chi connectivity index (χ1n) is 7.55. The molecule has 0 saturated heterocycles. The molecule has 18 heavy (non-hydrogen) atoms. The Hall–Kier alpha value is -0.261. The molecule has 0 unspecified atom stereocenters. The third-order valence-electron chi connectivity index (χ3n) is 3.25. The van der Waals surface area contributed by atoms with Crippen LogP contribution in [0.1, 0.15) is 63.9 Å². The van der Waals surface area contributed by atoms with Crippen LogP contribution in [-0.2, 0) is 5.32 Å². The Morgan fingerprint density at radius 1 is 0.778 bits per heavy atom. The van der Waals surface area contributed by atoms with Gasteiger partial charge in [0.25, 0.3) is 0 Å². The zero-order valence-electron chi connectivity index (χ0n) is 11.9. The molecule has 0 aliphatic rings. The third-order valence-corrected chi connectivity index (χ3v) is 5.59. The first-order chi connectivity index (χ1) is 8.93. The molecule has 1 rings (SSSR count). The normalized spacial score (nSPS) is 10.7. The van der Waals surface area contributed by atoms with Crippen molar-refractivity contribution in [1.29, 1.82) is 0 Å². The molecule has 0 N–H and O–H groups in total. The quantitative estimate of drug-likeness (QED) is 0.376. The molecule has 0 atom stereocenters. The van der Waals surface area contributed by atoms with Crippen molar-refractivity contribution in [2.75, 3.05) is 0 Å². The van der Waals surface area contributed by atoms with Crippen LogP contribution in [0.4, 0.5) is 0 Å². The Bertz CT molecular complexity index is 268. The summed E-state index contributed by atoms with van der Waals surface area (Å²) in [6.07, 6.45) is 11.6. The summed E-state index contributed by atoms with van der Waals surface area (Å²) in [5.41, 5.74) is 1.53. The molecular weight excluding hydrogens is 283 g/mol. The van der Waals surface area contributed by atoms with Gasteiger partial charge in [-0.25, -0.2) is 0 Å². The summed E-state index contributed by atoms with van der Waals surface area (Å²) in [4.78, 5) is 0. The van der Waals surface area contributed by atoms with Crippen LogP contribution in [-0.4, -0.2) is 15.0 Å². The number of rotatable bonds is 11. The Labute approximate surface area is 120 Å². The molecule has 0 spiro atoms. The fourth-order valence-electron chi connectivity index (χ4n) is 2.10. The fourth-order valence-corrected chi connectivity index (χ4v) is 4.16. The minimum absolute atomic E-state index is 0.823. The van der Waals surface area contributed by atoms with E-state index in [0.29, 0.717) is 0 Å². The van der Waals surface area contributed by atoms with Crippen molar-refractivity contribution in [3.63, 3.8) is 0 Å². The van der Waals surface area contributed by atoms with E-state index in [0.717, 1.165) is 15.0 Å². The van der Waals surface area contributed by atoms with Gasteiger partial charge in [0.05, 0.1) is 0 Å². The third kappa shape index (κ3) is 8.78. The van der Waals surface area contributed by atoms with Gasteiger partial charge in [0.15, 0.2) is 0 Å². The van der Waals surface area contributed by atoms with Gasteiger partial charge in [0, 0.05) is 0 Å². The van der Waals surface area contributed by atoms with Crippen LogP contribution in [0.3, 0.4) is 0 Å². The molecule has 1 aromatic carbocycles. The van der Waals surface area contributed by atoms with Gasteiger partial charge in [-0.15, -0.1) is 0 Å². The summed E-state index contributed by atoms with van der Waals surface area (Å²) in [6.45, 7) is 2.29. The van der Waals surface area contributed by atoms with Crippen molar-refractivity contribution in [2.45, 2.75) is 68.9 Å². The van der Waals surface area contributed by atoms with Gasteiger partial charge in [0.2, 0.25) is 0 Å². The summed E-state index contributed by atoms with van der Waals surface area (Å²) in [5.74, 6) is 0. The molecule has 0 fully saturated rings. The van der Waals surface area contributed by atoms with Gasteiger partial charge in [-0.1, -0.05) is 0 Å². The molecule has 0 saturated carbocycles. The van der Waals surface area contributed by atoms with Crippen molar-refractivity contribution in [1.82, 2.24) is 0 Å². The number of unbranched alkanes of at least 4 members (excludes halogenated alkanes) is 7. The minimum atomic E-state index is 0.823. The summed E-state index contributed by atoms with van der Waals surface area (Å²) in [7, 11) is 0. The predicted octanol–water partition coefficient (Wildman–Crippen LogP) is 5.45. The van der Waals surface area contributed by atoms with Crippen LogP contribution in [0.25, 0.3) is 0 Å². The molecule has 0 aliphatic carbocycles. The maximum absolute atomic E-state index is 2.29. The zero-order valence-corrected chi connectivity index (χ0v) is 13.6. The average molecular weight is 311 g/mol. The van der Waals surface area contributed by atoms with E-state index in [1.807, 2.05) is 0 Å². The van der Waals surface area contributed by atoms with E-state index < -0.39 is 0 Å². The summed E-state index contributed by atoms with van der Waals surface area (Å²) in [6, 6.07) is 10.9. The van der Waals surface area contributed by atoms with E-state index >= 15 is 0 Å². The van der Waals surface area contributed by atoms with Crippen molar-refractivity contribution in [3.05, 3.63) is 35.9 Å². The second kappa shape index (κ2) is 11.8. The Morgan fingerprint density at radius 2 is 1.39 bits per heavy atom. The molecule has 0 aliphatic heterocycles. The molecule has 102 valence electrons. The molecular formula is C17H28Se. The predicted molar refractivity (Wildman–Crippen MR) is 83.3 cm³/mol. The topological polar surface area (TPSA) is 0 Å². The average Bonchev–Trinajstić information content (AvgIpc) is 2.42. The van der Waals surface area contributed by atoms with E-state index in [1.54, 1.807) is 0 Å². The fraction of sp³-hybridized carbons (Fsp3) is 0.647. The first-order valence-corrected chi connectivity index (χ1v) is 9.97. The standard InChI is InChI=1S/C17H28Se/c1-2-3-4-5-6-7-8-12-15-18-16-17-13-10-9-11-14-17/h9-11,13-14H,2-8,12,15-16H2,1H3. The Kier molecular flexibility index (Phi) is 10.4. The van der Waals surface area contributed by atoms with Crippen LogP contribution in [0.2, 0.25) is 5.32 Å². The SMILES string of the molecule is CCCCCCCCCC[Se]Cc1ccccc1. The zero-order chi connectivity index (χ0) is 12.9. The molecule has 0 aromatic heterocycles. The van der Waals surface area contributed by atoms with Gasteiger partial charge in [-0.3, -0.25) is 0 Å². The van der Waals surface area contributed by atoms with E-state index in [-0.39, 0.29) is 0 Å². The molecule has 0 amide bonds. The molecule has 1 aromatic rings. The van der Waals surface area contributed by atoms with E-state index in [4.69, 9.17) is 0 Å². The van der Waals surface area contributed by atoms with Crippen LogP contribution in [0.5, 0.6) is 0 Å². The van der Waals surface area contributed by atoms with Crippen LogP contribution >= 0.6 is 0 Å². The van der Waals surface area contributed by atoms with E-state index in [2.05, 4.69) is 37.3 Å².